The summed E-state index contributed by atoms with van der Waals surface area (Å²) in [6, 6.07) is 16.7. The summed E-state index contributed by atoms with van der Waals surface area (Å²) in [6.45, 7) is 1.93. The van der Waals surface area contributed by atoms with Gasteiger partial charge in [0.1, 0.15) is 10.7 Å². The monoisotopic (exact) mass is 393 g/mol. The number of hydrogen-bond donors (Lipinski definition) is 1. The molecule has 0 spiro atoms. The Balaban J connectivity index is 1.71. The number of nitrogens with zero attached hydrogens (tertiary/aromatic N) is 1. The van der Waals surface area contributed by atoms with Gasteiger partial charge in [-0.3, -0.25) is 9.79 Å². The van der Waals surface area contributed by atoms with Crippen LogP contribution in [0.3, 0.4) is 0 Å². The van der Waals surface area contributed by atoms with E-state index >= 15 is 0 Å². The minimum Gasteiger partial charge on any atom is -0.461 e. The van der Waals surface area contributed by atoms with Crippen LogP contribution in [0.4, 0.5) is 5.69 Å². The number of fused-ring (bicyclic) bond motifs is 1. The third kappa shape index (κ3) is 3.68. The van der Waals surface area contributed by atoms with Gasteiger partial charge in [-0.1, -0.05) is 30.3 Å². The van der Waals surface area contributed by atoms with Crippen LogP contribution in [-0.2, 0) is 16.5 Å². The minimum atomic E-state index is -2.44. The molecule has 5 nitrogen and oxygen atoms in total. The number of carbonyl (C=O) groups excluding carboxylic acids is 1. The van der Waals surface area contributed by atoms with Gasteiger partial charge in [-0.15, -0.1) is 0 Å². The number of furan rings is 1. The van der Waals surface area contributed by atoms with Crippen molar-refractivity contribution in [1.82, 2.24) is 0 Å². The molecule has 1 aromatic heterocycles. The first kappa shape index (κ1) is 18.4. The van der Waals surface area contributed by atoms with Crippen LogP contribution < -0.4 is 0 Å². The summed E-state index contributed by atoms with van der Waals surface area (Å²) in [5, 5.41) is 0. The smallest absolute Gasteiger partial charge is 0.205 e. The van der Waals surface area contributed by atoms with Crippen LogP contribution in [0.2, 0.25) is 0 Å². The second kappa shape index (κ2) is 7.56. The predicted octanol–water partition coefficient (Wildman–Crippen LogP) is 4.52. The Morgan fingerprint density at radius 3 is 2.54 bits per heavy atom. The SMILES string of the molecule is CC1=Nc2ccc(-c3ccc(C[SH](=O)=O)cc3)cc2[C@@H](C(=O)c2ccco2)C1. The third-order valence-corrected chi connectivity index (χ3v) is 5.52. The van der Waals surface area contributed by atoms with Crippen LogP contribution in [0.25, 0.3) is 11.1 Å². The van der Waals surface area contributed by atoms with E-state index in [4.69, 9.17) is 4.42 Å². The van der Waals surface area contributed by atoms with Crippen molar-refractivity contribution >= 4 is 27.9 Å². The lowest BCUT2D eigenvalue weighted by Crippen LogP contribution is -2.18. The number of thiol groups is 1. The fourth-order valence-electron chi connectivity index (χ4n) is 3.55. The van der Waals surface area contributed by atoms with Crippen molar-refractivity contribution in [1.29, 1.82) is 0 Å². The molecule has 0 radical (unpaired) electrons. The minimum absolute atomic E-state index is 0.0352. The molecule has 3 aromatic rings. The van der Waals surface area contributed by atoms with E-state index in [1.165, 1.54) is 6.26 Å². The number of rotatable bonds is 5. The van der Waals surface area contributed by atoms with Crippen LogP contribution in [0, 0.1) is 0 Å². The van der Waals surface area contributed by atoms with Crippen LogP contribution in [0.15, 0.2) is 70.3 Å². The highest BCUT2D eigenvalue weighted by atomic mass is 32.2. The van der Waals surface area contributed by atoms with Crippen molar-refractivity contribution in [3.05, 3.63) is 77.7 Å². The molecule has 0 amide bonds. The van der Waals surface area contributed by atoms with Gasteiger partial charge < -0.3 is 4.42 Å². The summed E-state index contributed by atoms with van der Waals surface area (Å²) in [5.41, 5.74) is 5.28. The highest BCUT2D eigenvalue weighted by Gasteiger charge is 2.30. The maximum atomic E-state index is 13.0. The Morgan fingerprint density at radius 2 is 1.86 bits per heavy atom. The van der Waals surface area contributed by atoms with Crippen molar-refractivity contribution in [2.24, 2.45) is 4.99 Å². The topological polar surface area (TPSA) is 76.7 Å². The average Bonchev–Trinajstić information content (AvgIpc) is 3.21. The predicted molar refractivity (Wildman–Crippen MR) is 109 cm³/mol. The molecule has 2 heterocycles. The largest absolute Gasteiger partial charge is 0.461 e. The van der Waals surface area contributed by atoms with E-state index in [1.807, 2.05) is 49.4 Å². The van der Waals surface area contributed by atoms with Crippen LogP contribution >= 0.6 is 0 Å². The summed E-state index contributed by atoms with van der Waals surface area (Å²) in [7, 11) is -2.44. The second-order valence-electron chi connectivity index (χ2n) is 6.91. The van der Waals surface area contributed by atoms with Crippen molar-refractivity contribution in [3.63, 3.8) is 0 Å². The molecule has 142 valence electrons. The fourth-order valence-corrected chi connectivity index (χ4v) is 4.06. The zero-order valence-corrected chi connectivity index (χ0v) is 16.2. The lowest BCUT2D eigenvalue weighted by Gasteiger charge is -2.23. The molecule has 0 aliphatic carbocycles. The first-order valence-electron chi connectivity index (χ1n) is 8.98. The van der Waals surface area contributed by atoms with E-state index in [-0.39, 0.29) is 17.5 Å². The first-order valence-corrected chi connectivity index (χ1v) is 10.3. The molecule has 0 saturated heterocycles. The van der Waals surface area contributed by atoms with Crippen LogP contribution in [-0.4, -0.2) is 19.9 Å². The normalized spacial score (nSPS) is 15.9. The maximum absolute atomic E-state index is 13.0. The van der Waals surface area contributed by atoms with Gasteiger partial charge in [0.2, 0.25) is 5.78 Å². The summed E-state index contributed by atoms with van der Waals surface area (Å²) >= 11 is 0. The van der Waals surface area contributed by atoms with Gasteiger partial charge in [0, 0.05) is 5.71 Å². The number of aliphatic imine (C=N–C) groups is 1. The molecule has 28 heavy (non-hydrogen) atoms. The molecular weight excluding hydrogens is 374 g/mol. The number of ketones is 1. The fraction of sp³-hybridized carbons (Fsp3) is 0.182. The van der Waals surface area contributed by atoms with Gasteiger partial charge in [0.25, 0.3) is 0 Å². The first-order chi connectivity index (χ1) is 13.5. The van der Waals surface area contributed by atoms with E-state index < -0.39 is 10.7 Å². The lowest BCUT2D eigenvalue weighted by atomic mass is 9.84. The summed E-state index contributed by atoms with van der Waals surface area (Å²) in [4.78, 5) is 17.6. The molecule has 2 aromatic carbocycles. The van der Waals surface area contributed by atoms with Crippen molar-refractivity contribution in [2.45, 2.75) is 25.0 Å². The molecule has 1 atom stereocenters. The number of Topliss-reactive ketones (excluding diaryl/α,β-unsaturated/α-hetero) is 1. The molecule has 1 aliphatic rings. The third-order valence-electron chi connectivity index (χ3n) is 4.89. The average molecular weight is 393 g/mol. The quantitative estimate of drug-likeness (QED) is 0.511. The highest BCUT2D eigenvalue weighted by molar-refractivity contribution is 7.71. The molecule has 0 bridgehead atoms. The van der Waals surface area contributed by atoms with E-state index in [1.54, 1.807) is 12.1 Å². The lowest BCUT2D eigenvalue weighted by molar-refractivity contribution is 0.0933. The van der Waals surface area contributed by atoms with Gasteiger partial charge in [0.05, 0.1) is 23.6 Å². The zero-order chi connectivity index (χ0) is 19.7. The number of carbonyl (C=O) groups is 1. The van der Waals surface area contributed by atoms with E-state index in [9.17, 15) is 13.2 Å². The van der Waals surface area contributed by atoms with Crippen molar-refractivity contribution in [3.8, 4) is 11.1 Å². The van der Waals surface area contributed by atoms with E-state index in [0.717, 1.165) is 33.7 Å². The molecular formula is C22H19NO4S. The van der Waals surface area contributed by atoms with Crippen LogP contribution in [0.1, 0.15) is 40.9 Å². The molecule has 4 rings (SSSR count). The Morgan fingerprint density at radius 1 is 1.11 bits per heavy atom. The number of hydrogen-bond acceptors (Lipinski definition) is 5. The molecule has 1 aliphatic heterocycles. The Hall–Kier alpha value is -2.99. The highest BCUT2D eigenvalue weighted by Crippen LogP contribution is 2.39. The summed E-state index contributed by atoms with van der Waals surface area (Å²) in [5.74, 6) is 0.00906. The van der Waals surface area contributed by atoms with Crippen molar-refractivity contribution < 1.29 is 17.6 Å². The van der Waals surface area contributed by atoms with E-state index in [2.05, 4.69) is 4.99 Å². The molecule has 0 fully saturated rings. The molecule has 0 N–H and O–H groups in total. The zero-order valence-electron chi connectivity index (χ0n) is 15.3. The summed E-state index contributed by atoms with van der Waals surface area (Å²) in [6.07, 6.45) is 2.07. The Labute approximate surface area is 164 Å². The molecule has 0 unspecified atom stereocenters. The molecule has 0 saturated carbocycles. The second-order valence-corrected chi connectivity index (χ2v) is 7.89. The summed E-state index contributed by atoms with van der Waals surface area (Å²) < 4.78 is 27.1. The standard InChI is InChI=1S/C22H19NO4S/c1-14-11-19(22(24)21-3-2-10-27-21)18-12-17(8-9-20(18)23-14)16-6-4-15(5-7-16)13-28(25)26/h2-10,12,19,28H,11,13H2,1H3/t19-/m0/s1. The number of benzene rings is 2. The Kier molecular flexibility index (Phi) is 4.96. The molecule has 6 heteroatoms. The van der Waals surface area contributed by atoms with Gasteiger partial charge in [0.15, 0.2) is 5.76 Å². The maximum Gasteiger partial charge on any atom is 0.205 e. The van der Waals surface area contributed by atoms with Gasteiger partial charge in [-0.2, -0.15) is 0 Å². The van der Waals surface area contributed by atoms with Crippen LogP contribution in [0.5, 0.6) is 0 Å². The van der Waals surface area contributed by atoms with E-state index in [0.29, 0.717) is 12.2 Å². The van der Waals surface area contributed by atoms with Gasteiger partial charge >= 0.3 is 0 Å². The Bertz CT molecular complexity index is 1120. The van der Waals surface area contributed by atoms with Gasteiger partial charge in [-0.05, 0) is 59.9 Å². The van der Waals surface area contributed by atoms with Crippen molar-refractivity contribution in [2.75, 3.05) is 0 Å². The van der Waals surface area contributed by atoms with Gasteiger partial charge in [-0.25, -0.2) is 8.42 Å².